The number of nitro groups is 1. The quantitative estimate of drug-likeness (QED) is 0.523. The molecule has 5 nitrogen and oxygen atoms in total. The van der Waals surface area contributed by atoms with Gasteiger partial charge in [-0.1, -0.05) is 12.1 Å². The van der Waals surface area contributed by atoms with Gasteiger partial charge in [0.15, 0.2) is 0 Å². The van der Waals surface area contributed by atoms with Crippen molar-refractivity contribution in [1.82, 2.24) is 4.90 Å². The lowest BCUT2D eigenvalue weighted by molar-refractivity contribution is -0.384. The molecule has 1 amide bonds. The highest BCUT2D eigenvalue weighted by Crippen LogP contribution is 2.29. The summed E-state index contributed by atoms with van der Waals surface area (Å²) in [7, 11) is 0. The van der Waals surface area contributed by atoms with Crippen molar-refractivity contribution >= 4 is 24.2 Å². The van der Waals surface area contributed by atoms with Gasteiger partial charge in [0.2, 0.25) is 5.91 Å². The average Bonchev–Trinajstić information content (AvgIpc) is 2.79. The van der Waals surface area contributed by atoms with Crippen molar-refractivity contribution in [2.45, 2.75) is 19.4 Å². The van der Waals surface area contributed by atoms with E-state index in [0.29, 0.717) is 24.6 Å². The predicted molar refractivity (Wildman–Crippen MR) is 75.2 cm³/mol. The van der Waals surface area contributed by atoms with Gasteiger partial charge in [0, 0.05) is 25.1 Å². The van der Waals surface area contributed by atoms with Crippen LogP contribution < -0.4 is 0 Å². The molecule has 0 radical (unpaired) electrons. The molecule has 102 valence electrons. The van der Waals surface area contributed by atoms with Crippen LogP contribution in [0, 0.1) is 16.0 Å². The molecule has 1 aromatic carbocycles. The summed E-state index contributed by atoms with van der Waals surface area (Å²) in [6.07, 6.45) is 0.542. The summed E-state index contributed by atoms with van der Waals surface area (Å²) in [5, 5.41) is 10.6. The molecule has 1 saturated heterocycles. The number of nitro benzene ring substituents is 1. The van der Waals surface area contributed by atoms with Crippen molar-refractivity contribution < 1.29 is 9.72 Å². The molecule has 0 aromatic heterocycles. The van der Waals surface area contributed by atoms with Gasteiger partial charge < -0.3 is 4.90 Å². The van der Waals surface area contributed by atoms with Crippen LogP contribution in [-0.2, 0) is 4.79 Å². The van der Waals surface area contributed by atoms with Crippen LogP contribution >= 0.6 is 12.6 Å². The Kier molecular flexibility index (Phi) is 4.09. The first kappa shape index (κ1) is 13.9. The molecule has 0 N–H and O–H groups in total. The number of carbonyl (C=O) groups excluding carboxylic acids is 1. The fourth-order valence-corrected chi connectivity index (χ4v) is 2.60. The molecule has 1 aliphatic rings. The van der Waals surface area contributed by atoms with Gasteiger partial charge >= 0.3 is 0 Å². The topological polar surface area (TPSA) is 63.5 Å². The molecular weight excluding hydrogens is 264 g/mol. The van der Waals surface area contributed by atoms with Crippen LogP contribution in [0.2, 0.25) is 0 Å². The van der Waals surface area contributed by atoms with E-state index in [0.717, 1.165) is 5.56 Å². The van der Waals surface area contributed by atoms with Crippen LogP contribution in [-0.4, -0.2) is 28.0 Å². The van der Waals surface area contributed by atoms with Gasteiger partial charge in [-0.05, 0) is 24.2 Å². The largest absolute Gasteiger partial charge is 0.336 e. The minimum atomic E-state index is -0.424. The molecule has 1 fully saturated rings. The van der Waals surface area contributed by atoms with Crippen molar-refractivity contribution in [1.29, 1.82) is 0 Å². The van der Waals surface area contributed by atoms with E-state index >= 15 is 0 Å². The number of amides is 1. The predicted octanol–water partition coefficient (Wildman–Crippen LogP) is 2.43. The van der Waals surface area contributed by atoms with Gasteiger partial charge in [0.1, 0.15) is 0 Å². The van der Waals surface area contributed by atoms with Gasteiger partial charge in [0.25, 0.3) is 5.69 Å². The summed E-state index contributed by atoms with van der Waals surface area (Å²) >= 11 is 4.23. The first-order valence-corrected chi connectivity index (χ1v) is 6.81. The minimum Gasteiger partial charge on any atom is -0.336 e. The van der Waals surface area contributed by atoms with E-state index in [1.165, 1.54) is 12.1 Å². The van der Waals surface area contributed by atoms with Crippen LogP contribution in [0.4, 0.5) is 5.69 Å². The van der Waals surface area contributed by atoms with Crippen LogP contribution in [0.1, 0.15) is 24.9 Å². The molecule has 1 aliphatic heterocycles. The highest BCUT2D eigenvalue weighted by atomic mass is 32.1. The summed E-state index contributed by atoms with van der Waals surface area (Å²) in [5.41, 5.74) is 0.982. The molecular formula is C13H16N2O3S. The van der Waals surface area contributed by atoms with E-state index in [2.05, 4.69) is 12.6 Å². The molecule has 0 aliphatic carbocycles. The minimum absolute atomic E-state index is 0.0572. The van der Waals surface area contributed by atoms with Gasteiger partial charge in [-0.2, -0.15) is 12.6 Å². The first-order chi connectivity index (χ1) is 9.02. The number of hydrogen-bond donors (Lipinski definition) is 1. The lowest BCUT2D eigenvalue weighted by Gasteiger charge is -2.25. The van der Waals surface area contributed by atoms with Crippen molar-refractivity contribution in [2.75, 3.05) is 12.3 Å². The zero-order chi connectivity index (χ0) is 14.0. The van der Waals surface area contributed by atoms with Crippen LogP contribution in [0.15, 0.2) is 24.3 Å². The number of non-ortho nitro benzene ring substituents is 1. The van der Waals surface area contributed by atoms with Crippen LogP contribution in [0.25, 0.3) is 0 Å². The lowest BCUT2D eigenvalue weighted by atomic mass is 10.1. The van der Waals surface area contributed by atoms with E-state index in [9.17, 15) is 14.9 Å². The van der Waals surface area contributed by atoms with Gasteiger partial charge in [-0.15, -0.1) is 0 Å². The highest BCUT2D eigenvalue weighted by Gasteiger charge is 2.32. The number of rotatable bonds is 4. The van der Waals surface area contributed by atoms with E-state index < -0.39 is 4.92 Å². The zero-order valence-corrected chi connectivity index (χ0v) is 11.5. The van der Waals surface area contributed by atoms with Gasteiger partial charge in [-0.3, -0.25) is 14.9 Å². The second-order valence-corrected chi connectivity index (χ2v) is 5.19. The van der Waals surface area contributed by atoms with Crippen molar-refractivity contribution in [3.63, 3.8) is 0 Å². The van der Waals surface area contributed by atoms with Gasteiger partial charge in [0.05, 0.1) is 11.0 Å². The second kappa shape index (κ2) is 5.61. The Labute approximate surface area is 117 Å². The number of carbonyl (C=O) groups is 1. The average molecular weight is 280 g/mol. The Hall–Kier alpha value is -1.56. The number of thiol groups is 1. The van der Waals surface area contributed by atoms with Crippen molar-refractivity contribution in [2.24, 2.45) is 5.92 Å². The maximum Gasteiger partial charge on any atom is 0.269 e. The molecule has 2 rings (SSSR count). The Morgan fingerprint density at radius 2 is 2.11 bits per heavy atom. The van der Waals surface area contributed by atoms with E-state index in [4.69, 9.17) is 0 Å². The third kappa shape index (κ3) is 2.89. The van der Waals surface area contributed by atoms with E-state index in [-0.39, 0.29) is 17.6 Å². The summed E-state index contributed by atoms with van der Waals surface area (Å²) in [6.45, 7) is 2.65. The standard InChI is InChI=1S/C13H16N2O3S/c1-9(14-7-10(8-19)6-13(14)16)11-2-4-12(5-3-11)15(17)18/h2-5,9-10,19H,6-8H2,1H3/t9-,10?/m0/s1. The first-order valence-electron chi connectivity index (χ1n) is 6.17. The zero-order valence-electron chi connectivity index (χ0n) is 10.7. The Balaban J connectivity index is 2.13. The van der Waals surface area contributed by atoms with Crippen molar-refractivity contribution in [3.05, 3.63) is 39.9 Å². The normalized spacial score (nSPS) is 20.6. The summed E-state index contributed by atoms with van der Waals surface area (Å²) in [4.78, 5) is 23.9. The summed E-state index contributed by atoms with van der Waals surface area (Å²) in [6, 6.07) is 6.32. The number of likely N-dealkylation sites (tertiary alicyclic amines) is 1. The summed E-state index contributed by atoms with van der Waals surface area (Å²) < 4.78 is 0. The monoisotopic (exact) mass is 280 g/mol. The number of hydrogen-bond acceptors (Lipinski definition) is 4. The lowest BCUT2D eigenvalue weighted by Crippen LogP contribution is -2.28. The molecule has 0 bridgehead atoms. The Bertz CT molecular complexity index is 489. The number of nitrogens with zero attached hydrogens (tertiary/aromatic N) is 2. The summed E-state index contributed by atoms with van der Waals surface area (Å²) in [5.74, 6) is 1.14. The maximum atomic E-state index is 11.9. The van der Waals surface area contributed by atoms with Crippen LogP contribution in [0.3, 0.4) is 0 Å². The highest BCUT2D eigenvalue weighted by molar-refractivity contribution is 7.80. The number of benzene rings is 1. The van der Waals surface area contributed by atoms with E-state index in [1.807, 2.05) is 11.8 Å². The molecule has 1 heterocycles. The Morgan fingerprint density at radius 1 is 1.47 bits per heavy atom. The Morgan fingerprint density at radius 3 is 2.58 bits per heavy atom. The van der Waals surface area contributed by atoms with Crippen molar-refractivity contribution in [3.8, 4) is 0 Å². The fourth-order valence-electron chi connectivity index (χ4n) is 2.36. The SMILES string of the molecule is C[C@@H](c1ccc([N+](=O)[O-])cc1)N1CC(CS)CC1=O. The maximum absolute atomic E-state index is 11.9. The molecule has 2 atom stereocenters. The van der Waals surface area contributed by atoms with E-state index in [1.54, 1.807) is 12.1 Å². The molecule has 1 aromatic rings. The fraction of sp³-hybridized carbons (Fsp3) is 0.462. The molecule has 6 heteroatoms. The molecule has 0 saturated carbocycles. The molecule has 19 heavy (non-hydrogen) atoms. The molecule has 1 unspecified atom stereocenters. The second-order valence-electron chi connectivity index (χ2n) is 4.82. The van der Waals surface area contributed by atoms with Crippen LogP contribution in [0.5, 0.6) is 0 Å². The van der Waals surface area contributed by atoms with Gasteiger partial charge in [-0.25, -0.2) is 0 Å². The third-order valence-electron chi connectivity index (χ3n) is 3.55. The smallest absolute Gasteiger partial charge is 0.269 e. The molecule has 0 spiro atoms. The third-order valence-corrected chi connectivity index (χ3v) is 4.07.